The SMILES string of the molecule is Cc1cc(N)ccc1Oc1cncnc1C. The van der Waals surface area contributed by atoms with Gasteiger partial charge in [0.25, 0.3) is 0 Å². The number of rotatable bonds is 2. The van der Waals surface area contributed by atoms with Crippen molar-refractivity contribution in [2.24, 2.45) is 0 Å². The number of nitrogens with two attached hydrogens (primary N) is 1. The van der Waals surface area contributed by atoms with Gasteiger partial charge in [-0.3, -0.25) is 0 Å². The summed E-state index contributed by atoms with van der Waals surface area (Å²) < 4.78 is 5.71. The molecule has 2 N–H and O–H groups in total. The summed E-state index contributed by atoms with van der Waals surface area (Å²) >= 11 is 0. The van der Waals surface area contributed by atoms with Crippen LogP contribution in [-0.4, -0.2) is 9.97 Å². The molecule has 0 atom stereocenters. The number of hydrogen-bond acceptors (Lipinski definition) is 4. The molecule has 1 aromatic carbocycles. The van der Waals surface area contributed by atoms with Gasteiger partial charge in [0, 0.05) is 5.69 Å². The average Bonchev–Trinajstić information content (AvgIpc) is 2.25. The van der Waals surface area contributed by atoms with E-state index in [2.05, 4.69) is 9.97 Å². The summed E-state index contributed by atoms with van der Waals surface area (Å²) in [6.45, 7) is 3.83. The summed E-state index contributed by atoms with van der Waals surface area (Å²) in [5.41, 5.74) is 8.20. The highest BCUT2D eigenvalue weighted by Gasteiger charge is 2.04. The zero-order chi connectivity index (χ0) is 11.5. The van der Waals surface area contributed by atoms with E-state index >= 15 is 0 Å². The lowest BCUT2D eigenvalue weighted by atomic mass is 10.2. The maximum atomic E-state index is 5.71. The minimum atomic E-state index is 0.662. The van der Waals surface area contributed by atoms with Crippen molar-refractivity contribution >= 4 is 5.69 Å². The van der Waals surface area contributed by atoms with Gasteiger partial charge in [-0.15, -0.1) is 0 Å². The van der Waals surface area contributed by atoms with E-state index in [0.29, 0.717) is 5.75 Å². The van der Waals surface area contributed by atoms with Crippen molar-refractivity contribution in [2.75, 3.05) is 5.73 Å². The van der Waals surface area contributed by atoms with E-state index in [1.807, 2.05) is 32.0 Å². The van der Waals surface area contributed by atoms with Gasteiger partial charge in [-0.25, -0.2) is 9.97 Å². The minimum absolute atomic E-state index is 0.662. The second kappa shape index (κ2) is 4.18. The van der Waals surface area contributed by atoms with Crippen molar-refractivity contribution in [3.63, 3.8) is 0 Å². The lowest BCUT2D eigenvalue weighted by Gasteiger charge is -2.09. The first-order valence-corrected chi connectivity index (χ1v) is 4.97. The zero-order valence-electron chi connectivity index (χ0n) is 9.27. The van der Waals surface area contributed by atoms with Crippen LogP contribution in [0.15, 0.2) is 30.7 Å². The molecule has 0 radical (unpaired) electrons. The third-order valence-corrected chi connectivity index (χ3v) is 2.29. The Balaban J connectivity index is 2.31. The number of nitrogens with zero attached hydrogens (tertiary/aromatic N) is 2. The van der Waals surface area contributed by atoms with Crippen molar-refractivity contribution in [3.8, 4) is 11.5 Å². The van der Waals surface area contributed by atoms with Crippen LogP contribution in [0.2, 0.25) is 0 Å². The molecule has 0 spiro atoms. The molecule has 0 aliphatic carbocycles. The molecule has 2 aromatic rings. The van der Waals surface area contributed by atoms with Gasteiger partial charge in [-0.2, -0.15) is 0 Å². The van der Waals surface area contributed by atoms with Crippen molar-refractivity contribution < 1.29 is 4.74 Å². The first-order valence-electron chi connectivity index (χ1n) is 4.97. The van der Waals surface area contributed by atoms with Gasteiger partial charge in [0.1, 0.15) is 12.1 Å². The second-order valence-electron chi connectivity index (χ2n) is 3.60. The molecule has 0 saturated carbocycles. The first-order chi connectivity index (χ1) is 7.66. The van der Waals surface area contributed by atoms with Gasteiger partial charge in [0.15, 0.2) is 5.75 Å². The van der Waals surface area contributed by atoms with Crippen molar-refractivity contribution in [1.82, 2.24) is 9.97 Å². The van der Waals surface area contributed by atoms with E-state index < -0.39 is 0 Å². The zero-order valence-corrected chi connectivity index (χ0v) is 9.27. The summed E-state index contributed by atoms with van der Waals surface area (Å²) in [4.78, 5) is 7.99. The van der Waals surface area contributed by atoms with E-state index in [-0.39, 0.29) is 0 Å². The van der Waals surface area contributed by atoms with Crippen LogP contribution in [0, 0.1) is 13.8 Å². The Bertz CT molecular complexity index is 511. The number of ether oxygens (including phenoxy) is 1. The van der Waals surface area contributed by atoms with Crippen LogP contribution in [0.4, 0.5) is 5.69 Å². The Morgan fingerprint density at radius 3 is 2.69 bits per heavy atom. The average molecular weight is 215 g/mol. The van der Waals surface area contributed by atoms with Crippen LogP contribution in [0.25, 0.3) is 0 Å². The highest BCUT2D eigenvalue weighted by molar-refractivity contribution is 5.48. The van der Waals surface area contributed by atoms with Crippen molar-refractivity contribution in [2.45, 2.75) is 13.8 Å². The number of nitrogen functional groups attached to an aromatic ring is 1. The van der Waals surface area contributed by atoms with Crippen LogP contribution < -0.4 is 10.5 Å². The minimum Gasteiger partial charge on any atom is -0.454 e. The molecule has 16 heavy (non-hydrogen) atoms. The molecule has 4 heteroatoms. The fourth-order valence-electron chi connectivity index (χ4n) is 1.38. The Kier molecular flexibility index (Phi) is 2.72. The molecule has 82 valence electrons. The smallest absolute Gasteiger partial charge is 0.166 e. The number of hydrogen-bond donors (Lipinski definition) is 1. The lowest BCUT2D eigenvalue weighted by Crippen LogP contribution is -1.94. The largest absolute Gasteiger partial charge is 0.454 e. The van der Waals surface area contributed by atoms with Gasteiger partial charge >= 0.3 is 0 Å². The van der Waals surface area contributed by atoms with Gasteiger partial charge < -0.3 is 10.5 Å². The van der Waals surface area contributed by atoms with Crippen molar-refractivity contribution in [3.05, 3.63) is 42.0 Å². The normalized spacial score (nSPS) is 10.1. The maximum Gasteiger partial charge on any atom is 0.166 e. The van der Waals surface area contributed by atoms with Gasteiger partial charge in [-0.05, 0) is 37.6 Å². The van der Waals surface area contributed by atoms with Crippen LogP contribution in [0.5, 0.6) is 11.5 Å². The Hall–Kier alpha value is -2.10. The molecular formula is C12H13N3O. The number of anilines is 1. The van der Waals surface area contributed by atoms with Crippen LogP contribution in [-0.2, 0) is 0 Å². The topological polar surface area (TPSA) is 61.0 Å². The number of aryl methyl sites for hydroxylation is 2. The second-order valence-corrected chi connectivity index (χ2v) is 3.60. The molecule has 1 heterocycles. The van der Waals surface area contributed by atoms with Crippen molar-refractivity contribution in [1.29, 1.82) is 0 Å². The predicted octanol–water partition coefficient (Wildman–Crippen LogP) is 2.47. The maximum absolute atomic E-state index is 5.71. The van der Waals surface area contributed by atoms with E-state index in [1.54, 1.807) is 6.20 Å². The predicted molar refractivity (Wildman–Crippen MR) is 62.4 cm³/mol. The quantitative estimate of drug-likeness (QED) is 0.782. The summed E-state index contributed by atoms with van der Waals surface area (Å²) in [6, 6.07) is 5.52. The molecule has 4 nitrogen and oxygen atoms in total. The van der Waals surface area contributed by atoms with Crippen LogP contribution in [0.1, 0.15) is 11.3 Å². The molecule has 0 bridgehead atoms. The van der Waals surface area contributed by atoms with E-state index in [9.17, 15) is 0 Å². The monoisotopic (exact) mass is 215 g/mol. The summed E-state index contributed by atoms with van der Waals surface area (Å²) in [5, 5.41) is 0. The summed E-state index contributed by atoms with van der Waals surface area (Å²) in [6.07, 6.45) is 3.15. The van der Waals surface area contributed by atoms with Gasteiger partial charge in [-0.1, -0.05) is 0 Å². The third-order valence-electron chi connectivity index (χ3n) is 2.29. The van der Waals surface area contributed by atoms with E-state index in [0.717, 1.165) is 22.7 Å². The molecule has 0 amide bonds. The summed E-state index contributed by atoms with van der Waals surface area (Å²) in [5.74, 6) is 1.43. The van der Waals surface area contributed by atoms with E-state index in [1.165, 1.54) is 6.33 Å². The third kappa shape index (κ3) is 2.11. The fraction of sp³-hybridized carbons (Fsp3) is 0.167. The van der Waals surface area contributed by atoms with Crippen LogP contribution in [0.3, 0.4) is 0 Å². The Labute approximate surface area is 94.1 Å². The number of aromatic nitrogens is 2. The molecular weight excluding hydrogens is 202 g/mol. The molecule has 2 rings (SSSR count). The molecule has 0 aliphatic rings. The van der Waals surface area contributed by atoms with E-state index in [4.69, 9.17) is 10.5 Å². The number of benzene rings is 1. The molecule has 0 fully saturated rings. The molecule has 0 unspecified atom stereocenters. The molecule has 0 saturated heterocycles. The standard InChI is InChI=1S/C12H13N3O/c1-8-5-10(13)3-4-11(8)16-12-6-14-7-15-9(12)2/h3-7H,13H2,1-2H3. The first kappa shape index (κ1) is 10.4. The van der Waals surface area contributed by atoms with Gasteiger partial charge in [0.2, 0.25) is 0 Å². The molecule has 1 aromatic heterocycles. The fourth-order valence-corrected chi connectivity index (χ4v) is 1.38. The molecule has 0 aliphatic heterocycles. The highest BCUT2D eigenvalue weighted by Crippen LogP contribution is 2.27. The van der Waals surface area contributed by atoms with Crippen LogP contribution >= 0.6 is 0 Å². The highest BCUT2D eigenvalue weighted by atomic mass is 16.5. The van der Waals surface area contributed by atoms with Gasteiger partial charge in [0.05, 0.1) is 11.9 Å². The summed E-state index contributed by atoms with van der Waals surface area (Å²) in [7, 11) is 0. The Morgan fingerprint density at radius 1 is 1.19 bits per heavy atom. The Morgan fingerprint density at radius 2 is 2.00 bits per heavy atom. The lowest BCUT2D eigenvalue weighted by molar-refractivity contribution is 0.469.